The van der Waals surface area contributed by atoms with Crippen molar-refractivity contribution in [2.24, 2.45) is 0 Å². The first-order valence-electron chi connectivity index (χ1n) is 10.2. The molecule has 31 heavy (non-hydrogen) atoms. The highest BCUT2D eigenvalue weighted by Gasteiger charge is 2.24. The SMILES string of the molecule is CC(C)(C)OC(=O)N1CC=C(c2ccc(C(=O)Nc3nc4ccccc4s3)cc2)CC1. The van der Waals surface area contributed by atoms with Crippen LogP contribution in [0, 0.1) is 0 Å². The van der Waals surface area contributed by atoms with Crippen LogP contribution in [0.1, 0.15) is 43.1 Å². The number of anilines is 1. The quantitative estimate of drug-likeness (QED) is 0.584. The van der Waals surface area contributed by atoms with Gasteiger partial charge in [-0.15, -0.1) is 0 Å². The number of hydrogen-bond donors (Lipinski definition) is 1. The normalized spacial score (nSPS) is 14.3. The maximum atomic E-state index is 12.6. The molecule has 0 atom stereocenters. The predicted octanol–water partition coefficient (Wildman–Crippen LogP) is 5.57. The van der Waals surface area contributed by atoms with E-state index >= 15 is 0 Å². The summed E-state index contributed by atoms with van der Waals surface area (Å²) in [6, 6.07) is 15.3. The highest BCUT2D eigenvalue weighted by Crippen LogP contribution is 2.27. The van der Waals surface area contributed by atoms with Crippen LogP contribution in [-0.2, 0) is 4.74 Å². The third kappa shape index (κ3) is 5.11. The third-order valence-electron chi connectivity index (χ3n) is 4.89. The molecule has 1 aliphatic rings. The Balaban J connectivity index is 1.39. The number of nitrogens with zero attached hydrogens (tertiary/aromatic N) is 2. The fourth-order valence-corrected chi connectivity index (χ4v) is 4.22. The van der Waals surface area contributed by atoms with Crippen molar-refractivity contribution in [3.8, 4) is 0 Å². The second-order valence-electron chi connectivity index (χ2n) is 8.42. The molecule has 0 saturated heterocycles. The summed E-state index contributed by atoms with van der Waals surface area (Å²) in [5.74, 6) is -0.181. The lowest BCUT2D eigenvalue weighted by atomic mass is 9.98. The van der Waals surface area contributed by atoms with Crippen LogP contribution in [-0.4, -0.2) is 40.6 Å². The molecule has 3 aromatic rings. The summed E-state index contributed by atoms with van der Waals surface area (Å²) < 4.78 is 6.48. The van der Waals surface area contributed by atoms with Crippen LogP contribution in [0.4, 0.5) is 9.93 Å². The minimum absolute atomic E-state index is 0.181. The number of benzene rings is 2. The van der Waals surface area contributed by atoms with Crippen molar-refractivity contribution in [3.05, 3.63) is 65.7 Å². The summed E-state index contributed by atoms with van der Waals surface area (Å²) in [5.41, 5.74) is 3.18. The number of rotatable bonds is 3. The highest BCUT2D eigenvalue weighted by atomic mass is 32.1. The molecule has 0 aliphatic carbocycles. The Morgan fingerprint density at radius 3 is 2.48 bits per heavy atom. The summed E-state index contributed by atoms with van der Waals surface area (Å²) in [4.78, 5) is 31.0. The number of hydrogen-bond acceptors (Lipinski definition) is 5. The van der Waals surface area contributed by atoms with Crippen LogP contribution < -0.4 is 5.32 Å². The van der Waals surface area contributed by atoms with E-state index < -0.39 is 5.60 Å². The highest BCUT2D eigenvalue weighted by molar-refractivity contribution is 7.22. The van der Waals surface area contributed by atoms with Crippen LogP contribution >= 0.6 is 11.3 Å². The molecule has 0 fully saturated rings. The molecule has 0 bridgehead atoms. The lowest BCUT2D eigenvalue weighted by Crippen LogP contribution is -2.39. The van der Waals surface area contributed by atoms with Crippen LogP contribution in [0.3, 0.4) is 0 Å². The molecule has 2 heterocycles. The van der Waals surface area contributed by atoms with E-state index in [0.29, 0.717) is 23.8 Å². The van der Waals surface area contributed by atoms with Gasteiger partial charge in [0.2, 0.25) is 0 Å². The Bertz CT molecular complexity index is 1110. The molecule has 0 unspecified atom stereocenters. The van der Waals surface area contributed by atoms with Crippen LogP contribution in [0.2, 0.25) is 0 Å². The van der Waals surface area contributed by atoms with E-state index in [0.717, 1.165) is 27.8 Å². The number of carbonyl (C=O) groups is 2. The van der Waals surface area contributed by atoms with Gasteiger partial charge in [0, 0.05) is 18.7 Å². The average Bonchev–Trinajstić information content (AvgIpc) is 3.15. The maximum Gasteiger partial charge on any atom is 0.410 e. The molecule has 0 saturated carbocycles. The van der Waals surface area contributed by atoms with E-state index in [2.05, 4.69) is 10.3 Å². The van der Waals surface area contributed by atoms with Gasteiger partial charge in [-0.05, 0) is 62.6 Å². The fraction of sp³-hybridized carbons (Fsp3) is 0.292. The first kappa shape index (κ1) is 21.1. The second-order valence-corrected chi connectivity index (χ2v) is 9.45. The lowest BCUT2D eigenvalue weighted by Gasteiger charge is -2.29. The third-order valence-corrected chi connectivity index (χ3v) is 5.84. The van der Waals surface area contributed by atoms with Crippen molar-refractivity contribution < 1.29 is 14.3 Å². The van der Waals surface area contributed by atoms with E-state index in [1.54, 1.807) is 4.90 Å². The minimum Gasteiger partial charge on any atom is -0.444 e. The molecular weight excluding hydrogens is 410 g/mol. The summed E-state index contributed by atoms with van der Waals surface area (Å²) in [6.45, 7) is 6.73. The molecule has 1 N–H and O–H groups in total. The van der Waals surface area contributed by atoms with Gasteiger partial charge < -0.3 is 9.64 Å². The standard InChI is InChI=1S/C24H25N3O3S/c1-24(2,3)30-23(29)27-14-12-17(13-15-27)16-8-10-18(11-9-16)21(28)26-22-25-19-6-4-5-7-20(19)31-22/h4-12H,13-15H2,1-3H3,(H,25,26,28). The van der Waals surface area contributed by atoms with Gasteiger partial charge in [-0.1, -0.05) is 41.7 Å². The number of thiazole rings is 1. The largest absolute Gasteiger partial charge is 0.444 e. The monoisotopic (exact) mass is 435 g/mol. The Morgan fingerprint density at radius 1 is 1.10 bits per heavy atom. The number of fused-ring (bicyclic) bond motifs is 1. The predicted molar refractivity (Wildman–Crippen MR) is 124 cm³/mol. The van der Waals surface area contributed by atoms with Gasteiger partial charge in [0.25, 0.3) is 5.91 Å². The number of nitrogens with one attached hydrogen (secondary N) is 1. The van der Waals surface area contributed by atoms with Crippen molar-refractivity contribution in [1.82, 2.24) is 9.88 Å². The van der Waals surface area contributed by atoms with E-state index in [1.165, 1.54) is 11.3 Å². The van der Waals surface area contributed by atoms with Crippen molar-refractivity contribution in [3.63, 3.8) is 0 Å². The molecule has 1 aromatic heterocycles. The molecular formula is C24H25N3O3S. The number of aromatic nitrogens is 1. The zero-order valence-electron chi connectivity index (χ0n) is 17.8. The van der Waals surface area contributed by atoms with Crippen LogP contribution in [0.5, 0.6) is 0 Å². The molecule has 6 nitrogen and oxygen atoms in total. The molecule has 160 valence electrons. The Hall–Kier alpha value is -3.19. The van der Waals surface area contributed by atoms with Crippen molar-refractivity contribution in [2.75, 3.05) is 18.4 Å². The Morgan fingerprint density at radius 2 is 1.84 bits per heavy atom. The topological polar surface area (TPSA) is 71.5 Å². The first-order valence-corrected chi connectivity index (χ1v) is 11.0. The Kier molecular flexibility index (Phi) is 5.78. The summed E-state index contributed by atoms with van der Waals surface area (Å²) in [5, 5.41) is 3.47. The van der Waals surface area contributed by atoms with E-state index in [-0.39, 0.29) is 12.0 Å². The van der Waals surface area contributed by atoms with Crippen molar-refractivity contribution >= 4 is 44.3 Å². The van der Waals surface area contributed by atoms with Gasteiger partial charge in [-0.2, -0.15) is 0 Å². The van der Waals surface area contributed by atoms with Gasteiger partial charge in [-0.25, -0.2) is 9.78 Å². The van der Waals surface area contributed by atoms with Gasteiger partial charge in [-0.3, -0.25) is 10.1 Å². The second kappa shape index (κ2) is 8.51. The molecule has 1 aliphatic heterocycles. The average molecular weight is 436 g/mol. The van der Waals surface area contributed by atoms with Crippen LogP contribution in [0.25, 0.3) is 15.8 Å². The number of amides is 2. The minimum atomic E-state index is -0.497. The number of carbonyl (C=O) groups excluding carboxylic acids is 2. The molecule has 4 rings (SSSR count). The maximum absolute atomic E-state index is 12.6. The summed E-state index contributed by atoms with van der Waals surface area (Å²) in [7, 11) is 0. The molecule has 0 radical (unpaired) electrons. The lowest BCUT2D eigenvalue weighted by molar-refractivity contribution is 0.0270. The molecule has 2 aromatic carbocycles. The number of para-hydroxylation sites is 1. The fourth-order valence-electron chi connectivity index (χ4n) is 3.35. The zero-order valence-corrected chi connectivity index (χ0v) is 18.7. The summed E-state index contributed by atoms with van der Waals surface area (Å²) in [6.07, 6.45) is 2.50. The smallest absolute Gasteiger partial charge is 0.410 e. The van der Waals surface area contributed by atoms with Gasteiger partial charge >= 0.3 is 6.09 Å². The van der Waals surface area contributed by atoms with Gasteiger partial charge in [0.1, 0.15) is 5.60 Å². The molecule has 0 spiro atoms. The Labute approximate surface area is 185 Å². The van der Waals surface area contributed by atoms with Gasteiger partial charge in [0.05, 0.1) is 10.2 Å². The zero-order chi connectivity index (χ0) is 22.0. The van der Waals surface area contributed by atoms with Crippen molar-refractivity contribution in [2.45, 2.75) is 32.8 Å². The molecule has 2 amide bonds. The first-order chi connectivity index (χ1) is 14.8. The van der Waals surface area contributed by atoms with E-state index in [1.807, 2.05) is 75.4 Å². The number of ether oxygens (including phenoxy) is 1. The van der Waals surface area contributed by atoms with E-state index in [4.69, 9.17) is 4.74 Å². The van der Waals surface area contributed by atoms with Crippen LogP contribution in [0.15, 0.2) is 54.6 Å². The van der Waals surface area contributed by atoms with Gasteiger partial charge in [0.15, 0.2) is 5.13 Å². The van der Waals surface area contributed by atoms with Crippen molar-refractivity contribution in [1.29, 1.82) is 0 Å². The molecule has 7 heteroatoms. The van der Waals surface area contributed by atoms with E-state index in [9.17, 15) is 9.59 Å². The summed E-state index contributed by atoms with van der Waals surface area (Å²) >= 11 is 1.46.